The monoisotopic (exact) mass is 381 g/mol. The summed E-state index contributed by atoms with van der Waals surface area (Å²) in [5.74, 6) is -0.0726. The van der Waals surface area contributed by atoms with Crippen LogP contribution in [-0.4, -0.2) is 27.3 Å². The maximum atomic E-state index is 13.2. The van der Waals surface area contributed by atoms with Crippen molar-refractivity contribution < 1.29 is 4.79 Å². The summed E-state index contributed by atoms with van der Waals surface area (Å²) < 4.78 is 1.61. The Hall–Kier alpha value is -2.60. The summed E-state index contributed by atoms with van der Waals surface area (Å²) in [5, 5.41) is 3.53. The lowest BCUT2D eigenvalue weighted by Crippen LogP contribution is -2.31. The Labute approximate surface area is 162 Å². The fraction of sp³-hybridized carbons (Fsp3) is 0.286. The van der Waals surface area contributed by atoms with Gasteiger partial charge in [0.1, 0.15) is 0 Å². The van der Waals surface area contributed by atoms with Crippen molar-refractivity contribution in [3.05, 3.63) is 63.9 Å². The summed E-state index contributed by atoms with van der Waals surface area (Å²) in [4.78, 5) is 30.1. The van der Waals surface area contributed by atoms with Gasteiger partial charge in [-0.05, 0) is 63.1 Å². The van der Waals surface area contributed by atoms with Gasteiger partial charge in [-0.3, -0.25) is 14.2 Å². The topological polar surface area (TPSA) is 64.0 Å². The molecule has 3 aromatic rings. The van der Waals surface area contributed by atoms with Crippen LogP contribution in [0, 0.1) is 13.8 Å². The van der Waals surface area contributed by atoms with E-state index < -0.39 is 0 Å². The number of carbonyl (C=O) groups excluding carboxylic acids is 1. The molecule has 1 N–H and O–H groups in total. The first-order chi connectivity index (χ1) is 12.9. The van der Waals surface area contributed by atoms with Crippen molar-refractivity contribution >= 4 is 28.6 Å². The molecular formula is C21H23N3O2S. The van der Waals surface area contributed by atoms with Crippen LogP contribution in [-0.2, 0) is 4.79 Å². The number of aromatic nitrogens is 2. The molecule has 1 aromatic heterocycles. The molecule has 5 nitrogen and oxygen atoms in total. The number of hydrogen-bond donors (Lipinski definition) is 1. The second kappa shape index (κ2) is 7.96. The highest BCUT2D eigenvalue weighted by Crippen LogP contribution is 2.26. The molecule has 3 rings (SSSR count). The molecule has 0 saturated heterocycles. The van der Waals surface area contributed by atoms with Gasteiger partial charge >= 0.3 is 0 Å². The first kappa shape index (κ1) is 19.2. The standard InChI is InChI=1S/C21H23N3O2S/c1-5-22-19(25)15(4)27-21-23-18-9-7-6-8-17(18)20(26)24(21)16-11-10-13(2)14(3)12-16/h6-12,15H,5H2,1-4H3,(H,22,25)/t15-/m1/s1. The van der Waals surface area contributed by atoms with E-state index in [9.17, 15) is 9.59 Å². The number of aryl methyl sites for hydroxylation is 2. The van der Waals surface area contributed by atoms with Crippen molar-refractivity contribution in [3.63, 3.8) is 0 Å². The number of carbonyl (C=O) groups is 1. The maximum absolute atomic E-state index is 13.2. The molecule has 2 aromatic carbocycles. The summed E-state index contributed by atoms with van der Waals surface area (Å²) in [5.41, 5.74) is 3.51. The van der Waals surface area contributed by atoms with Gasteiger partial charge in [0.15, 0.2) is 5.16 Å². The van der Waals surface area contributed by atoms with Crippen LogP contribution in [0.25, 0.3) is 16.6 Å². The minimum absolute atomic E-state index is 0.0726. The number of rotatable bonds is 5. The molecule has 1 heterocycles. The predicted octanol–water partition coefficient (Wildman–Crippen LogP) is 3.62. The Morgan fingerprint density at radius 1 is 1.19 bits per heavy atom. The molecular weight excluding hydrogens is 358 g/mol. The molecule has 140 valence electrons. The zero-order valence-corrected chi connectivity index (χ0v) is 16.8. The van der Waals surface area contributed by atoms with Crippen molar-refractivity contribution in [3.8, 4) is 5.69 Å². The van der Waals surface area contributed by atoms with Gasteiger partial charge < -0.3 is 5.32 Å². The zero-order chi connectivity index (χ0) is 19.6. The number of thioether (sulfide) groups is 1. The van der Waals surface area contributed by atoms with Crippen LogP contribution in [0.4, 0.5) is 0 Å². The fourth-order valence-electron chi connectivity index (χ4n) is 2.81. The number of amides is 1. The van der Waals surface area contributed by atoms with Crippen LogP contribution in [0.1, 0.15) is 25.0 Å². The van der Waals surface area contributed by atoms with Crippen LogP contribution >= 0.6 is 11.8 Å². The lowest BCUT2D eigenvalue weighted by molar-refractivity contribution is -0.120. The van der Waals surface area contributed by atoms with Crippen molar-refractivity contribution in [1.29, 1.82) is 0 Å². The molecule has 0 aliphatic rings. The molecule has 1 amide bonds. The van der Waals surface area contributed by atoms with Crippen LogP contribution in [0.3, 0.4) is 0 Å². The number of nitrogens with zero attached hydrogens (tertiary/aromatic N) is 2. The molecule has 27 heavy (non-hydrogen) atoms. The summed E-state index contributed by atoms with van der Waals surface area (Å²) in [7, 11) is 0. The van der Waals surface area contributed by atoms with Gasteiger partial charge in [0.2, 0.25) is 5.91 Å². The normalized spacial score (nSPS) is 12.1. The molecule has 0 aliphatic heterocycles. The van der Waals surface area contributed by atoms with Crippen molar-refractivity contribution in [2.24, 2.45) is 0 Å². The molecule has 0 unspecified atom stereocenters. The molecule has 6 heteroatoms. The molecule has 0 spiro atoms. The number of nitrogens with one attached hydrogen (secondary N) is 1. The number of hydrogen-bond acceptors (Lipinski definition) is 4. The van der Waals surface area contributed by atoms with E-state index in [1.807, 2.05) is 64.1 Å². The summed E-state index contributed by atoms with van der Waals surface area (Å²) in [6.07, 6.45) is 0. The Morgan fingerprint density at radius 3 is 2.63 bits per heavy atom. The van der Waals surface area contributed by atoms with Gasteiger partial charge in [0, 0.05) is 6.54 Å². The highest BCUT2D eigenvalue weighted by molar-refractivity contribution is 8.00. The van der Waals surface area contributed by atoms with Crippen LogP contribution in [0.2, 0.25) is 0 Å². The summed E-state index contributed by atoms with van der Waals surface area (Å²) in [6.45, 7) is 8.32. The minimum atomic E-state index is -0.365. The van der Waals surface area contributed by atoms with E-state index in [2.05, 4.69) is 5.32 Å². The number of fused-ring (bicyclic) bond motifs is 1. The molecule has 0 fully saturated rings. The third-order valence-electron chi connectivity index (χ3n) is 4.50. The largest absolute Gasteiger partial charge is 0.355 e. The quantitative estimate of drug-likeness (QED) is 0.542. The second-order valence-corrected chi connectivity index (χ2v) is 7.78. The van der Waals surface area contributed by atoms with Crippen molar-refractivity contribution in [1.82, 2.24) is 14.9 Å². The summed E-state index contributed by atoms with van der Waals surface area (Å²) in [6, 6.07) is 13.2. The first-order valence-electron chi connectivity index (χ1n) is 8.96. The second-order valence-electron chi connectivity index (χ2n) is 6.48. The highest BCUT2D eigenvalue weighted by Gasteiger charge is 2.20. The van der Waals surface area contributed by atoms with Gasteiger partial charge in [-0.2, -0.15) is 0 Å². The highest BCUT2D eigenvalue weighted by atomic mass is 32.2. The maximum Gasteiger partial charge on any atom is 0.266 e. The van der Waals surface area contributed by atoms with Gasteiger partial charge in [0.25, 0.3) is 5.56 Å². The van der Waals surface area contributed by atoms with E-state index in [1.165, 1.54) is 11.8 Å². The van der Waals surface area contributed by atoms with E-state index in [1.54, 1.807) is 10.6 Å². The third kappa shape index (κ3) is 3.90. The average Bonchev–Trinajstić information content (AvgIpc) is 2.65. The Bertz CT molecular complexity index is 1060. The molecule has 0 aliphatic carbocycles. The van der Waals surface area contributed by atoms with Gasteiger partial charge in [-0.25, -0.2) is 4.98 Å². The van der Waals surface area contributed by atoms with Gasteiger partial charge in [-0.15, -0.1) is 0 Å². The van der Waals surface area contributed by atoms with Crippen LogP contribution in [0.5, 0.6) is 0 Å². The van der Waals surface area contributed by atoms with Crippen LogP contribution < -0.4 is 10.9 Å². The Balaban J connectivity index is 2.19. The lowest BCUT2D eigenvalue weighted by atomic mass is 10.1. The van der Waals surface area contributed by atoms with Crippen molar-refractivity contribution in [2.45, 2.75) is 38.1 Å². The fourth-order valence-corrected chi connectivity index (χ4v) is 3.76. The predicted molar refractivity (Wildman–Crippen MR) is 111 cm³/mol. The van der Waals surface area contributed by atoms with Gasteiger partial charge in [0.05, 0.1) is 21.8 Å². The van der Waals surface area contributed by atoms with E-state index >= 15 is 0 Å². The van der Waals surface area contributed by atoms with Crippen LogP contribution in [0.15, 0.2) is 52.4 Å². The number of para-hydroxylation sites is 1. The summed E-state index contributed by atoms with van der Waals surface area (Å²) >= 11 is 1.29. The minimum Gasteiger partial charge on any atom is -0.355 e. The smallest absolute Gasteiger partial charge is 0.266 e. The average molecular weight is 382 g/mol. The first-order valence-corrected chi connectivity index (χ1v) is 9.84. The molecule has 0 saturated carbocycles. The third-order valence-corrected chi connectivity index (χ3v) is 5.55. The molecule has 0 radical (unpaired) electrons. The Kier molecular flexibility index (Phi) is 5.65. The SMILES string of the molecule is CCNC(=O)[C@@H](C)Sc1nc2ccccc2c(=O)n1-c1ccc(C)c(C)c1. The molecule has 0 bridgehead atoms. The zero-order valence-electron chi connectivity index (χ0n) is 15.9. The van der Waals surface area contributed by atoms with E-state index in [-0.39, 0.29) is 16.7 Å². The van der Waals surface area contributed by atoms with Gasteiger partial charge in [-0.1, -0.05) is 30.0 Å². The van der Waals surface area contributed by atoms with E-state index in [0.717, 1.165) is 16.8 Å². The van der Waals surface area contributed by atoms with Crippen molar-refractivity contribution in [2.75, 3.05) is 6.54 Å². The molecule has 1 atom stereocenters. The Morgan fingerprint density at radius 2 is 1.93 bits per heavy atom. The lowest BCUT2D eigenvalue weighted by Gasteiger charge is -2.17. The van der Waals surface area contributed by atoms with E-state index in [0.29, 0.717) is 22.6 Å². The van der Waals surface area contributed by atoms with E-state index in [4.69, 9.17) is 4.98 Å². The number of benzene rings is 2.